The molecule has 10 heteroatoms. The topological polar surface area (TPSA) is 132 Å². The summed E-state index contributed by atoms with van der Waals surface area (Å²) in [6, 6.07) is 8.43. The number of nitrogens with two attached hydrogens (primary N) is 1. The van der Waals surface area contributed by atoms with E-state index >= 15 is 0 Å². The zero-order valence-corrected chi connectivity index (χ0v) is 31.3. The molecule has 1 fully saturated rings. The minimum absolute atomic E-state index is 0.0519. The van der Waals surface area contributed by atoms with Gasteiger partial charge >= 0.3 is 0 Å². The van der Waals surface area contributed by atoms with Crippen LogP contribution in [0.3, 0.4) is 0 Å². The van der Waals surface area contributed by atoms with Crippen LogP contribution < -0.4 is 16.4 Å². The molecule has 4 N–H and O–H groups in total. The van der Waals surface area contributed by atoms with Gasteiger partial charge in [0.1, 0.15) is 12.1 Å². The minimum atomic E-state index is -0.732. The molecule has 1 aliphatic heterocycles. The molecule has 0 saturated carbocycles. The fraction of sp³-hybridized carbons (Fsp3) is 0.775. The van der Waals surface area contributed by atoms with Crippen molar-refractivity contribution >= 4 is 17.7 Å². The van der Waals surface area contributed by atoms with Crippen LogP contribution in [-0.4, -0.2) is 94.0 Å². The molecule has 1 aromatic carbocycles. The number of unbranched alkanes of at least 4 members (excludes halogenated alkanes) is 12. The van der Waals surface area contributed by atoms with E-state index in [1.54, 1.807) is 4.90 Å². The first-order chi connectivity index (χ1) is 24.6. The van der Waals surface area contributed by atoms with E-state index in [1.165, 1.54) is 64.2 Å². The molecule has 2 unspecified atom stereocenters. The van der Waals surface area contributed by atoms with Crippen LogP contribution >= 0.6 is 0 Å². The van der Waals surface area contributed by atoms with Crippen LogP contribution in [0, 0.1) is 0 Å². The second-order valence-electron chi connectivity index (χ2n) is 13.6. The largest absolute Gasteiger partial charge is 0.379 e. The summed E-state index contributed by atoms with van der Waals surface area (Å²) >= 11 is 0. The molecular weight excluding hydrogens is 632 g/mol. The number of nitrogens with zero attached hydrogens (tertiary/aromatic N) is 1. The van der Waals surface area contributed by atoms with E-state index in [0.29, 0.717) is 85.0 Å². The fourth-order valence-electron chi connectivity index (χ4n) is 6.34. The zero-order chi connectivity index (χ0) is 35.9. The maximum absolute atomic E-state index is 13.5. The lowest BCUT2D eigenvalue weighted by molar-refractivity contribution is -0.139. The third kappa shape index (κ3) is 21.0. The van der Waals surface area contributed by atoms with Crippen LogP contribution in [0.2, 0.25) is 0 Å². The number of rotatable bonds is 32. The third-order valence-electron chi connectivity index (χ3n) is 9.29. The van der Waals surface area contributed by atoms with E-state index in [9.17, 15) is 14.4 Å². The Labute approximate surface area is 303 Å². The van der Waals surface area contributed by atoms with Gasteiger partial charge in [0.05, 0.1) is 26.4 Å². The van der Waals surface area contributed by atoms with Gasteiger partial charge < -0.3 is 35.5 Å². The number of ether oxygens (including phenoxy) is 3. The molecule has 0 radical (unpaired) electrons. The number of nitrogens with one attached hydrogen (secondary N) is 2. The van der Waals surface area contributed by atoms with E-state index in [-0.39, 0.29) is 17.7 Å². The lowest BCUT2D eigenvalue weighted by Crippen LogP contribution is -2.54. The van der Waals surface area contributed by atoms with Gasteiger partial charge in [-0.25, -0.2) is 0 Å². The molecule has 1 aromatic rings. The van der Waals surface area contributed by atoms with Gasteiger partial charge in [0.2, 0.25) is 17.7 Å². The van der Waals surface area contributed by atoms with Crippen molar-refractivity contribution in [1.29, 1.82) is 0 Å². The van der Waals surface area contributed by atoms with Crippen LogP contribution in [0.1, 0.15) is 128 Å². The second kappa shape index (κ2) is 30.1. The summed E-state index contributed by atoms with van der Waals surface area (Å²) in [4.78, 5) is 41.7. The number of carbonyl (C=O) groups is 3. The van der Waals surface area contributed by atoms with E-state index < -0.39 is 12.1 Å². The normalized spacial score (nSPS) is 14.9. The molecule has 0 aromatic heterocycles. The van der Waals surface area contributed by atoms with Crippen LogP contribution in [0.5, 0.6) is 0 Å². The summed E-state index contributed by atoms with van der Waals surface area (Å²) in [5.74, 6) is -0.426. The Hall–Kier alpha value is -2.53. The first-order valence-electron chi connectivity index (χ1n) is 19.9. The Kier molecular flexibility index (Phi) is 26.3. The molecule has 0 aliphatic carbocycles. The van der Waals surface area contributed by atoms with Crippen molar-refractivity contribution in [2.24, 2.45) is 5.73 Å². The molecule has 10 nitrogen and oxygen atoms in total. The molecule has 50 heavy (non-hydrogen) atoms. The molecule has 286 valence electrons. The lowest BCUT2D eigenvalue weighted by Gasteiger charge is -2.26. The van der Waals surface area contributed by atoms with Crippen LogP contribution in [0.25, 0.3) is 0 Å². The highest BCUT2D eigenvalue weighted by Crippen LogP contribution is 2.21. The first kappa shape index (κ1) is 43.6. The number of likely N-dealkylation sites (tertiary alicyclic amines) is 1. The number of benzene rings is 1. The summed E-state index contributed by atoms with van der Waals surface area (Å²) in [5.41, 5.74) is 6.40. The van der Waals surface area contributed by atoms with Gasteiger partial charge in [0.15, 0.2) is 0 Å². The highest BCUT2D eigenvalue weighted by atomic mass is 16.5. The Morgan fingerprint density at radius 1 is 0.760 bits per heavy atom. The van der Waals surface area contributed by atoms with E-state index in [1.807, 2.05) is 30.3 Å². The predicted molar refractivity (Wildman–Crippen MR) is 201 cm³/mol. The molecule has 1 aliphatic rings. The summed E-state index contributed by atoms with van der Waals surface area (Å²) in [6.45, 7) is 7.07. The summed E-state index contributed by atoms with van der Waals surface area (Å²) in [5, 5.41) is 5.96. The Bertz CT molecular complexity index is 997. The van der Waals surface area contributed by atoms with Crippen molar-refractivity contribution in [3.63, 3.8) is 0 Å². The van der Waals surface area contributed by atoms with Gasteiger partial charge in [-0.2, -0.15) is 0 Å². The lowest BCUT2D eigenvalue weighted by atomic mass is 10.0. The first-order valence-corrected chi connectivity index (χ1v) is 19.9. The summed E-state index contributed by atoms with van der Waals surface area (Å²) in [7, 11) is 0. The molecule has 1 saturated heterocycles. The van der Waals surface area contributed by atoms with Crippen molar-refractivity contribution in [3.05, 3.63) is 35.9 Å². The van der Waals surface area contributed by atoms with Crippen molar-refractivity contribution in [3.8, 4) is 0 Å². The van der Waals surface area contributed by atoms with Gasteiger partial charge in [-0.1, -0.05) is 114 Å². The fourth-order valence-corrected chi connectivity index (χ4v) is 6.34. The maximum atomic E-state index is 13.5. The smallest absolute Gasteiger partial charge is 0.243 e. The number of carbonyl (C=O) groups excluding carboxylic acids is 3. The van der Waals surface area contributed by atoms with Crippen molar-refractivity contribution < 1.29 is 28.6 Å². The SMILES string of the molecule is CCCCCCCCCCCCCCCC(=O)N1CCCC1C(=O)NC(Cc1ccccc1)C(=O)NCCCOCCOCCOCCCN. The number of hydrogen-bond donors (Lipinski definition) is 3. The van der Waals surface area contributed by atoms with Crippen LogP contribution in [0.15, 0.2) is 30.3 Å². The monoisotopic (exact) mass is 703 g/mol. The van der Waals surface area contributed by atoms with E-state index in [0.717, 1.165) is 37.7 Å². The van der Waals surface area contributed by atoms with E-state index in [4.69, 9.17) is 19.9 Å². The summed E-state index contributed by atoms with van der Waals surface area (Å²) < 4.78 is 16.5. The van der Waals surface area contributed by atoms with Crippen molar-refractivity contribution in [2.75, 3.05) is 59.3 Å². The molecule has 1 heterocycles. The van der Waals surface area contributed by atoms with Gasteiger partial charge in [-0.3, -0.25) is 14.4 Å². The maximum Gasteiger partial charge on any atom is 0.243 e. The standard InChI is InChI=1S/C40H70N4O6/c1-2-3-4-5-6-7-8-9-10-11-12-13-17-24-38(45)44-27-18-23-37(44)40(47)43-36(34-35-21-15-14-16-22-35)39(46)42-26-20-29-49-31-33-50-32-30-48-28-19-25-41/h14-16,21-22,36-37H,2-13,17-20,23-34,41H2,1H3,(H,42,46)(H,43,47). The Morgan fingerprint density at radius 2 is 1.32 bits per heavy atom. The minimum Gasteiger partial charge on any atom is -0.379 e. The Morgan fingerprint density at radius 3 is 1.92 bits per heavy atom. The average molecular weight is 703 g/mol. The average Bonchev–Trinajstić information content (AvgIpc) is 3.63. The second-order valence-corrected chi connectivity index (χ2v) is 13.6. The third-order valence-corrected chi connectivity index (χ3v) is 9.29. The van der Waals surface area contributed by atoms with Gasteiger partial charge in [-0.05, 0) is 44.2 Å². The molecule has 3 amide bonds. The summed E-state index contributed by atoms with van der Waals surface area (Å²) in [6.07, 6.45) is 20.2. The quantitative estimate of drug-likeness (QED) is 0.0775. The van der Waals surface area contributed by atoms with Crippen molar-refractivity contribution in [1.82, 2.24) is 15.5 Å². The molecule has 2 atom stereocenters. The van der Waals surface area contributed by atoms with Gasteiger partial charge in [0, 0.05) is 39.1 Å². The zero-order valence-electron chi connectivity index (χ0n) is 31.3. The van der Waals surface area contributed by atoms with Crippen molar-refractivity contribution in [2.45, 2.75) is 141 Å². The molecule has 0 spiro atoms. The predicted octanol–water partition coefficient (Wildman–Crippen LogP) is 6.09. The van der Waals surface area contributed by atoms with Gasteiger partial charge in [0.25, 0.3) is 0 Å². The highest BCUT2D eigenvalue weighted by Gasteiger charge is 2.35. The van der Waals surface area contributed by atoms with E-state index in [2.05, 4.69) is 17.6 Å². The highest BCUT2D eigenvalue weighted by molar-refractivity contribution is 5.92. The van der Waals surface area contributed by atoms with Gasteiger partial charge in [-0.15, -0.1) is 0 Å². The Balaban J connectivity index is 1.67. The van der Waals surface area contributed by atoms with Crippen LogP contribution in [-0.2, 0) is 35.0 Å². The number of amides is 3. The molecular formula is C40H70N4O6. The van der Waals surface area contributed by atoms with Crippen LogP contribution in [0.4, 0.5) is 0 Å². The molecule has 0 bridgehead atoms. The molecule has 2 rings (SSSR count). The number of hydrogen-bond acceptors (Lipinski definition) is 7.